The van der Waals surface area contributed by atoms with Gasteiger partial charge in [0.15, 0.2) is 11.4 Å². The average molecular weight is 377 g/mol. The number of aromatic nitrogens is 3. The van der Waals surface area contributed by atoms with E-state index in [4.69, 9.17) is 9.52 Å². The van der Waals surface area contributed by atoms with Crippen LogP contribution < -0.4 is 0 Å². The van der Waals surface area contributed by atoms with Gasteiger partial charge >= 0.3 is 11.9 Å². The van der Waals surface area contributed by atoms with Crippen molar-refractivity contribution in [1.29, 1.82) is 0 Å². The van der Waals surface area contributed by atoms with Gasteiger partial charge in [-0.1, -0.05) is 31.2 Å². The highest BCUT2D eigenvalue weighted by atomic mass is 16.4. The lowest BCUT2D eigenvalue weighted by molar-refractivity contribution is 0.0660. The van der Waals surface area contributed by atoms with Crippen LogP contribution in [0.3, 0.4) is 0 Å². The lowest BCUT2D eigenvalue weighted by Gasteiger charge is -2.05. The molecule has 0 radical (unpaired) electrons. The molecule has 3 aromatic heterocycles. The van der Waals surface area contributed by atoms with E-state index >= 15 is 0 Å². The van der Waals surface area contributed by atoms with Crippen molar-refractivity contribution in [2.45, 2.75) is 13.3 Å². The SMILES string of the molecule is CCc1ccc(-c2[nH]nc3nc(-c4ccc(C(=O)O)o4)cc(C(=O)O)c23)cc1. The Hall–Kier alpha value is -3.94. The number of carboxylic acid groups (broad SMARTS) is 2. The van der Waals surface area contributed by atoms with E-state index in [0.717, 1.165) is 12.0 Å². The maximum absolute atomic E-state index is 11.9. The van der Waals surface area contributed by atoms with Crippen LogP contribution in [0.2, 0.25) is 0 Å². The summed E-state index contributed by atoms with van der Waals surface area (Å²) in [4.78, 5) is 27.3. The van der Waals surface area contributed by atoms with Crippen molar-refractivity contribution in [3.05, 3.63) is 59.4 Å². The zero-order chi connectivity index (χ0) is 19.8. The predicted octanol–water partition coefficient (Wildman–Crippen LogP) is 3.84. The highest BCUT2D eigenvalue weighted by Crippen LogP contribution is 2.32. The fourth-order valence-electron chi connectivity index (χ4n) is 3.03. The number of H-pyrrole nitrogens is 1. The first kappa shape index (κ1) is 17.5. The Bertz CT molecular complexity index is 1200. The summed E-state index contributed by atoms with van der Waals surface area (Å²) in [5.41, 5.74) is 2.91. The van der Waals surface area contributed by atoms with Crippen LogP contribution >= 0.6 is 0 Å². The third-order valence-corrected chi connectivity index (χ3v) is 4.47. The van der Waals surface area contributed by atoms with E-state index in [1.165, 1.54) is 23.8 Å². The van der Waals surface area contributed by atoms with Crippen molar-refractivity contribution in [1.82, 2.24) is 15.2 Å². The predicted molar refractivity (Wildman–Crippen MR) is 100 cm³/mol. The van der Waals surface area contributed by atoms with E-state index in [-0.39, 0.29) is 28.4 Å². The minimum Gasteiger partial charge on any atom is -0.478 e. The number of aromatic amines is 1. The second kappa shape index (κ2) is 6.66. The topological polar surface area (TPSA) is 129 Å². The van der Waals surface area contributed by atoms with Gasteiger partial charge in [-0.25, -0.2) is 14.6 Å². The third kappa shape index (κ3) is 2.90. The van der Waals surface area contributed by atoms with Crippen molar-refractivity contribution in [2.75, 3.05) is 0 Å². The number of nitrogens with one attached hydrogen (secondary N) is 1. The Kier molecular flexibility index (Phi) is 4.15. The molecule has 0 aliphatic carbocycles. The monoisotopic (exact) mass is 377 g/mol. The van der Waals surface area contributed by atoms with E-state index in [9.17, 15) is 14.7 Å². The molecule has 0 bridgehead atoms. The van der Waals surface area contributed by atoms with Gasteiger partial charge in [0.2, 0.25) is 5.76 Å². The lowest BCUT2D eigenvalue weighted by atomic mass is 10.0. The molecule has 1 aromatic carbocycles. The first-order valence-corrected chi connectivity index (χ1v) is 8.53. The van der Waals surface area contributed by atoms with E-state index in [0.29, 0.717) is 11.1 Å². The number of aryl methyl sites for hydroxylation is 1. The molecule has 0 saturated carbocycles. The molecule has 8 heteroatoms. The number of hydrogen-bond donors (Lipinski definition) is 3. The van der Waals surface area contributed by atoms with Crippen molar-refractivity contribution in [2.24, 2.45) is 0 Å². The van der Waals surface area contributed by atoms with Crippen LogP contribution in [0.15, 0.2) is 46.9 Å². The molecule has 28 heavy (non-hydrogen) atoms. The molecule has 4 rings (SSSR count). The molecule has 0 spiro atoms. The number of benzene rings is 1. The number of pyridine rings is 1. The smallest absolute Gasteiger partial charge is 0.371 e. The largest absolute Gasteiger partial charge is 0.478 e. The summed E-state index contributed by atoms with van der Waals surface area (Å²) in [7, 11) is 0. The van der Waals surface area contributed by atoms with Crippen LogP contribution in [0.4, 0.5) is 0 Å². The van der Waals surface area contributed by atoms with Gasteiger partial charge in [0.1, 0.15) is 5.69 Å². The van der Waals surface area contributed by atoms with Gasteiger partial charge < -0.3 is 14.6 Å². The number of rotatable bonds is 5. The molecular weight excluding hydrogens is 362 g/mol. The number of furan rings is 1. The molecular formula is C20H15N3O5. The van der Waals surface area contributed by atoms with Gasteiger partial charge in [-0.05, 0) is 30.2 Å². The Morgan fingerprint density at radius 2 is 1.82 bits per heavy atom. The Balaban J connectivity index is 1.89. The molecule has 8 nitrogen and oxygen atoms in total. The summed E-state index contributed by atoms with van der Waals surface area (Å²) < 4.78 is 5.24. The Morgan fingerprint density at radius 3 is 2.43 bits per heavy atom. The quantitative estimate of drug-likeness (QED) is 0.482. The summed E-state index contributed by atoms with van der Waals surface area (Å²) >= 11 is 0. The van der Waals surface area contributed by atoms with Crippen molar-refractivity contribution in [3.8, 4) is 22.7 Å². The van der Waals surface area contributed by atoms with Gasteiger partial charge in [0.25, 0.3) is 0 Å². The molecule has 0 atom stereocenters. The molecule has 0 unspecified atom stereocenters. The summed E-state index contributed by atoms with van der Waals surface area (Å²) in [6.07, 6.45) is 0.900. The minimum absolute atomic E-state index is 0.00315. The molecule has 3 N–H and O–H groups in total. The zero-order valence-corrected chi connectivity index (χ0v) is 14.8. The van der Waals surface area contributed by atoms with Crippen LogP contribution in [-0.2, 0) is 6.42 Å². The van der Waals surface area contributed by atoms with Gasteiger partial charge in [0, 0.05) is 5.56 Å². The van der Waals surface area contributed by atoms with Gasteiger partial charge in [-0.3, -0.25) is 5.10 Å². The Morgan fingerprint density at radius 1 is 1.07 bits per heavy atom. The highest BCUT2D eigenvalue weighted by molar-refractivity contribution is 6.08. The molecule has 0 aliphatic rings. The second-order valence-electron chi connectivity index (χ2n) is 6.18. The van der Waals surface area contributed by atoms with Crippen LogP contribution in [-0.4, -0.2) is 37.3 Å². The summed E-state index contributed by atoms with van der Waals surface area (Å²) in [5, 5.41) is 26.1. The Labute approximate surface area is 158 Å². The first-order valence-electron chi connectivity index (χ1n) is 8.53. The van der Waals surface area contributed by atoms with Crippen LogP contribution in [0.25, 0.3) is 33.7 Å². The number of carbonyl (C=O) groups is 2. The fraction of sp³-hybridized carbons (Fsp3) is 0.100. The molecule has 0 fully saturated rings. The maximum Gasteiger partial charge on any atom is 0.371 e. The van der Waals surface area contributed by atoms with E-state index in [2.05, 4.69) is 22.1 Å². The molecule has 0 saturated heterocycles. The molecule has 0 amide bonds. The van der Waals surface area contributed by atoms with Gasteiger partial charge in [-0.2, -0.15) is 5.10 Å². The summed E-state index contributed by atoms with van der Waals surface area (Å²) in [5.74, 6) is -2.47. The average Bonchev–Trinajstić information content (AvgIpc) is 3.34. The molecule has 3 heterocycles. The second-order valence-corrected chi connectivity index (χ2v) is 6.18. The van der Waals surface area contributed by atoms with Crippen molar-refractivity contribution in [3.63, 3.8) is 0 Å². The normalized spacial score (nSPS) is 11.0. The zero-order valence-electron chi connectivity index (χ0n) is 14.8. The third-order valence-electron chi connectivity index (χ3n) is 4.47. The van der Waals surface area contributed by atoms with Crippen molar-refractivity contribution < 1.29 is 24.2 Å². The van der Waals surface area contributed by atoms with Crippen LogP contribution in [0, 0.1) is 0 Å². The number of carboxylic acids is 2. The van der Waals surface area contributed by atoms with Gasteiger partial charge in [0.05, 0.1) is 16.6 Å². The molecule has 140 valence electrons. The standard InChI is InChI=1S/C20H15N3O5/c1-2-10-3-5-11(6-4-10)17-16-12(19(24)25)9-13(21-18(16)23-22-17)14-7-8-15(28-14)20(26)27/h3-9H,2H2,1H3,(H,24,25)(H,26,27)(H,21,22,23). The highest BCUT2D eigenvalue weighted by Gasteiger charge is 2.21. The van der Waals surface area contributed by atoms with E-state index in [1.807, 2.05) is 24.3 Å². The van der Waals surface area contributed by atoms with E-state index in [1.54, 1.807) is 0 Å². The van der Waals surface area contributed by atoms with E-state index < -0.39 is 11.9 Å². The fourth-order valence-corrected chi connectivity index (χ4v) is 3.03. The van der Waals surface area contributed by atoms with Crippen LogP contribution in [0.5, 0.6) is 0 Å². The minimum atomic E-state index is -1.22. The lowest BCUT2D eigenvalue weighted by Crippen LogP contribution is -2.00. The number of fused-ring (bicyclic) bond motifs is 1. The molecule has 4 aromatic rings. The molecule has 0 aliphatic heterocycles. The van der Waals surface area contributed by atoms with Crippen LogP contribution in [0.1, 0.15) is 33.4 Å². The summed E-state index contributed by atoms with van der Waals surface area (Å²) in [6.45, 7) is 2.05. The number of hydrogen-bond acceptors (Lipinski definition) is 5. The number of nitrogens with zero attached hydrogens (tertiary/aromatic N) is 2. The summed E-state index contributed by atoms with van der Waals surface area (Å²) in [6, 6.07) is 11.8. The maximum atomic E-state index is 11.9. The van der Waals surface area contributed by atoms with Crippen molar-refractivity contribution >= 4 is 23.0 Å². The van der Waals surface area contributed by atoms with Gasteiger partial charge in [-0.15, -0.1) is 0 Å². The number of aromatic carboxylic acids is 2. The first-order chi connectivity index (χ1) is 13.5.